The minimum absolute atomic E-state index is 0.604. The number of alkyl halides is 3. The van der Waals surface area contributed by atoms with Crippen LogP contribution >= 0.6 is 0 Å². The highest BCUT2D eigenvalue weighted by Gasteiger charge is 2.22. The molecular weight excluding hydrogens is 171 g/mol. The second-order valence-electron chi connectivity index (χ2n) is 1.39. The summed E-state index contributed by atoms with van der Waals surface area (Å²) in [7, 11) is -4.58. The summed E-state index contributed by atoms with van der Waals surface area (Å²) in [5.41, 5.74) is 0. The van der Waals surface area contributed by atoms with E-state index in [1.165, 1.54) is 4.72 Å². The summed E-state index contributed by atoms with van der Waals surface area (Å²) in [5.74, 6) is -3.49. The standard InChI is InChI=1S/C3H6F3NO2S/c4-1-2-7-10(8,9)3(5)6/h3,7H,1-2H2. The number of nitrogens with one attached hydrogen (secondary N) is 1. The van der Waals surface area contributed by atoms with Crippen molar-refractivity contribution in [2.24, 2.45) is 0 Å². The largest absolute Gasteiger partial charge is 0.350 e. The van der Waals surface area contributed by atoms with E-state index in [4.69, 9.17) is 0 Å². The molecule has 0 aliphatic rings. The zero-order chi connectivity index (χ0) is 8.20. The molecule has 3 nitrogen and oxygen atoms in total. The molecule has 0 fully saturated rings. The number of halogens is 3. The molecule has 0 spiro atoms. The Hall–Kier alpha value is -0.300. The lowest BCUT2D eigenvalue weighted by molar-refractivity contribution is 0.232. The highest BCUT2D eigenvalue weighted by molar-refractivity contribution is 7.89. The van der Waals surface area contributed by atoms with E-state index < -0.39 is 29.0 Å². The van der Waals surface area contributed by atoms with Gasteiger partial charge in [0.05, 0.1) is 0 Å². The third-order valence-corrected chi connectivity index (χ3v) is 1.71. The van der Waals surface area contributed by atoms with Crippen LogP contribution in [0.2, 0.25) is 0 Å². The molecule has 0 saturated carbocycles. The number of rotatable bonds is 4. The van der Waals surface area contributed by atoms with E-state index in [0.717, 1.165) is 0 Å². The first-order valence-corrected chi connectivity index (χ1v) is 3.88. The molecule has 0 aromatic heterocycles. The fraction of sp³-hybridized carbons (Fsp3) is 1.00. The van der Waals surface area contributed by atoms with Crippen molar-refractivity contribution >= 4 is 10.0 Å². The zero-order valence-electron chi connectivity index (χ0n) is 4.85. The first-order chi connectivity index (χ1) is 4.50. The Morgan fingerprint density at radius 3 is 2.20 bits per heavy atom. The maximum absolute atomic E-state index is 11.4. The van der Waals surface area contributed by atoms with E-state index in [2.05, 4.69) is 0 Å². The lowest BCUT2D eigenvalue weighted by Crippen LogP contribution is -2.30. The molecule has 0 atom stereocenters. The molecule has 0 bridgehead atoms. The van der Waals surface area contributed by atoms with Gasteiger partial charge in [-0.2, -0.15) is 8.78 Å². The Balaban J connectivity index is 3.90. The monoisotopic (exact) mass is 177 g/mol. The predicted molar refractivity (Wildman–Crippen MR) is 28.9 cm³/mol. The number of hydrogen-bond donors (Lipinski definition) is 1. The highest BCUT2D eigenvalue weighted by atomic mass is 32.2. The molecule has 0 aromatic carbocycles. The van der Waals surface area contributed by atoms with Gasteiger partial charge in [0.2, 0.25) is 0 Å². The van der Waals surface area contributed by atoms with Gasteiger partial charge >= 0.3 is 5.76 Å². The average molecular weight is 177 g/mol. The van der Waals surface area contributed by atoms with Gasteiger partial charge in [-0.1, -0.05) is 0 Å². The molecule has 0 rings (SSSR count). The number of sulfonamides is 1. The summed E-state index contributed by atoms with van der Waals surface area (Å²) in [4.78, 5) is 0. The molecule has 0 unspecified atom stereocenters. The smallest absolute Gasteiger partial charge is 0.250 e. The van der Waals surface area contributed by atoms with Gasteiger partial charge in [-0.15, -0.1) is 0 Å². The fourth-order valence-corrected chi connectivity index (χ4v) is 0.731. The molecule has 1 N–H and O–H groups in total. The summed E-state index contributed by atoms with van der Waals surface area (Å²) >= 11 is 0. The summed E-state index contributed by atoms with van der Waals surface area (Å²) in [6, 6.07) is 0. The first kappa shape index (κ1) is 9.70. The van der Waals surface area contributed by atoms with Crippen molar-refractivity contribution in [2.45, 2.75) is 5.76 Å². The van der Waals surface area contributed by atoms with Gasteiger partial charge in [0.15, 0.2) is 0 Å². The topological polar surface area (TPSA) is 46.2 Å². The Morgan fingerprint density at radius 2 is 1.90 bits per heavy atom. The maximum Gasteiger partial charge on any atom is 0.350 e. The summed E-state index contributed by atoms with van der Waals surface area (Å²) < 4.78 is 55.4. The van der Waals surface area contributed by atoms with Crippen LogP contribution in [0.25, 0.3) is 0 Å². The van der Waals surface area contributed by atoms with Gasteiger partial charge in [-0.25, -0.2) is 17.5 Å². The average Bonchev–Trinajstić information content (AvgIpc) is 1.84. The van der Waals surface area contributed by atoms with E-state index in [9.17, 15) is 21.6 Å². The Labute approximate surface area is 56.3 Å². The van der Waals surface area contributed by atoms with E-state index in [1.54, 1.807) is 0 Å². The van der Waals surface area contributed by atoms with Crippen molar-refractivity contribution in [3.63, 3.8) is 0 Å². The minimum Gasteiger partial charge on any atom is -0.250 e. The molecule has 7 heteroatoms. The summed E-state index contributed by atoms with van der Waals surface area (Å²) in [5, 5.41) is 0. The Morgan fingerprint density at radius 1 is 1.40 bits per heavy atom. The Kier molecular flexibility index (Phi) is 3.66. The summed E-state index contributed by atoms with van der Waals surface area (Å²) in [6.07, 6.45) is 0. The van der Waals surface area contributed by atoms with Crippen molar-refractivity contribution in [3.8, 4) is 0 Å². The van der Waals surface area contributed by atoms with Gasteiger partial charge in [0.25, 0.3) is 10.0 Å². The first-order valence-electron chi connectivity index (χ1n) is 2.33. The van der Waals surface area contributed by atoms with Crippen LogP contribution in [0.3, 0.4) is 0 Å². The van der Waals surface area contributed by atoms with Crippen LogP contribution < -0.4 is 4.72 Å². The molecular formula is C3H6F3NO2S. The Bertz CT molecular complexity index is 178. The van der Waals surface area contributed by atoms with E-state index in [0.29, 0.717) is 0 Å². The van der Waals surface area contributed by atoms with Gasteiger partial charge in [0.1, 0.15) is 6.67 Å². The number of hydrogen-bond acceptors (Lipinski definition) is 2. The lowest BCUT2D eigenvalue weighted by Gasteiger charge is -2.00. The predicted octanol–water partition coefficient (Wildman–Crippen LogP) is 0.0979. The van der Waals surface area contributed by atoms with Crippen molar-refractivity contribution in [3.05, 3.63) is 0 Å². The van der Waals surface area contributed by atoms with Crippen LogP contribution in [0.1, 0.15) is 0 Å². The normalized spacial score (nSPS) is 12.4. The molecule has 0 aromatic rings. The van der Waals surface area contributed by atoms with Crippen LogP contribution in [-0.4, -0.2) is 27.4 Å². The van der Waals surface area contributed by atoms with Crippen LogP contribution in [0.5, 0.6) is 0 Å². The fourth-order valence-electron chi connectivity index (χ4n) is 0.244. The maximum atomic E-state index is 11.4. The van der Waals surface area contributed by atoms with E-state index >= 15 is 0 Å². The molecule has 62 valence electrons. The minimum atomic E-state index is -4.58. The van der Waals surface area contributed by atoms with Gasteiger partial charge < -0.3 is 0 Å². The van der Waals surface area contributed by atoms with E-state index in [-0.39, 0.29) is 0 Å². The van der Waals surface area contributed by atoms with Crippen LogP contribution in [-0.2, 0) is 10.0 Å². The molecule has 0 radical (unpaired) electrons. The second-order valence-corrected chi connectivity index (χ2v) is 3.12. The van der Waals surface area contributed by atoms with Crippen molar-refractivity contribution in [1.29, 1.82) is 0 Å². The third kappa shape index (κ3) is 3.02. The quantitative estimate of drug-likeness (QED) is 0.661. The molecule has 0 aliphatic heterocycles. The van der Waals surface area contributed by atoms with Gasteiger partial charge in [-0.3, -0.25) is 0 Å². The van der Waals surface area contributed by atoms with Crippen molar-refractivity contribution in [2.75, 3.05) is 13.2 Å². The van der Waals surface area contributed by atoms with E-state index in [1.807, 2.05) is 0 Å². The van der Waals surface area contributed by atoms with Gasteiger partial charge in [-0.05, 0) is 0 Å². The molecule has 10 heavy (non-hydrogen) atoms. The van der Waals surface area contributed by atoms with Crippen molar-refractivity contribution in [1.82, 2.24) is 4.72 Å². The van der Waals surface area contributed by atoms with Crippen LogP contribution in [0.15, 0.2) is 0 Å². The van der Waals surface area contributed by atoms with Crippen LogP contribution in [0.4, 0.5) is 13.2 Å². The zero-order valence-corrected chi connectivity index (χ0v) is 5.67. The molecule has 0 aliphatic carbocycles. The molecule has 0 heterocycles. The second kappa shape index (κ2) is 3.77. The summed E-state index contributed by atoms with van der Waals surface area (Å²) in [6.45, 7) is -1.60. The molecule has 0 saturated heterocycles. The SMILES string of the molecule is O=S(=O)(NCCF)C(F)F. The third-order valence-electron chi connectivity index (χ3n) is 0.632. The lowest BCUT2D eigenvalue weighted by atomic mass is 10.8. The van der Waals surface area contributed by atoms with Gasteiger partial charge in [0, 0.05) is 6.54 Å². The van der Waals surface area contributed by atoms with Crippen molar-refractivity contribution < 1.29 is 21.6 Å². The molecule has 0 amide bonds. The highest BCUT2D eigenvalue weighted by Crippen LogP contribution is 2.00. The van der Waals surface area contributed by atoms with Crippen LogP contribution in [0, 0.1) is 0 Å².